The van der Waals surface area contributed by atoms with Crippen LogP contribution in [0.4, 0.5) is 0 Å². The number of carbonyl (C=O) groups excluding carboxylic acids is 4. The van der Waals surface area contributed by atoms with Crippen LogP contribution in [-0.4, -0.2) is 47.4 Å². The summed E-state index contributed by atoms with van der Waals surface area (Å²) in [5.41, 5.74) is 0.514. The maximum Gasteiger partial charge on any atom is 0.347 e. The van der Waals surface area contributed by atoms with Gasteiger partial charge in [-0.05, 0) is 19.1 Å². The Balaban J connectivity index is 1.77. The minimum Gasteiger partial charge on any atom is -0.463 e. The molecule has 1 fully saturated rings. The van der Waals surface area contributed by atoms with Gasteiger partial charge in [0.1, 0.15) is 6.04 Å². The van der Waals surface area contributed by atoms with Gasteiger partial charge in [-0.3, -0.25) is 14.5 Å². The zero-order chi connectivity index (χ0) is 15.9. The van der Waals surface area contributed by atoms with Crippen LogP contribution in [0.2, 0.25) is 0 Å². The second kappa shape index (κ2) is 5.25. The number of hydrogen-bond donors (Lipinski definition) is 0. The Morgan fingerprint density at radius 1 is 1.23 bits per heavy atom. The van der Waals surface area contributed by atoms with Crippen LogP contribution in [0.25, 0.3) is 0 Å². The van der Waals surface area contributed by atoms with Gasteiger partial charge in [-0.15, -0.1) is 0 Å². The largest absolute Gasteiger partial charge is 0.463 e. The normalized spacial score (nSPS) is 21.6. The Morgan fingerprint density at radius 2 is 1.82 bits per heavy atom. The van der Waals surface area contributed by atoms with Crippen molar-refractivity contribution in [1.29, 1.82) is 0 Å². The fourth-order valence-electron chi connectivity index (χ4n) is 2.49. The van der Waals surface area contributed by atoms with Gasteiger partial charge >= 0.3 is 11.9 Å². The highest BCUT2D eigenvalue weighted by atomic mass is 16.6. The number of amides is 2. The van der Waals surface area contributed by atoms with E-state index in [4.69, 9.17) is 9.47 Å². The molecule has 1 saturated heterocycles. The molecule has 3 rings (SSSR count). The summed E-state index contributed by atoms with van der Waals surface area (Å²) in [5.74, 6) is -2.50. The molecule has 0 radical (unpaired) electrons. The second-order valence-corrected chi connectivity index (χ2v) is 5.08. The molecule has 0 N–H and O–H groups in total. The Hall–Kier alpha value is -2.70. The predicted molar refractivity (Wildman–Crippen MR) is 71.9 cm³/mol. The van der Waals surface area contributed by atoms with Gasteiger partial charge in [-0.1, -0.05) is 12.1 Å². The van der Waals surface area contributed by atoms with E-state index in [1.807, 2.05) is 0 Å². The Labute approximate surface area is 125 Å². The van der Waals surface area contributed by atoms with Crippen LogP contribution in [0.15, 0.2) is 24.3 Å². The molecule has 0 aliphatic carbocycles. The van der Waals surface area contributed by atoms with Crippen molar-refractivity contribution >= 4 is 23.8 Å². The molecule has 1 aromatic rings. The summed E-state index contributed by atoms with van der Waals surface area (Å²) < 4.78 is 9.73. The van der Waals surface area contributed by atoms with E-state index >= 15 is 0 Å². The number of hydrogen-bond acceptors (Lipinski definition) is 6. The summed E-state index contributed by atoms with van der Waals surface area (Å²) in [6, 6.07) is 5.24. The van der Waals surface area contributed by atoms with Crippen LogP contribution in [0, 0.1) is 0 Å². The van der Waals surface area contributed by atoms with E-state index in [1.54, 1.807) is 12.1 Å². The maximum absolute atomic E-state index is 12.3. The molecule has 2 heterocycles. The lowest BCUT2D eigenvalue weighted by molar-refractivity contribution is -0.162. The summed E-state index contributed by atoms with van der Waals surface area (Å²) >= 11 is 0. The monoisotopic (exact) mass is 303 g/mol. The number of imide groups is 1. The highest BCUT2D eigenvalue weighted by Crippen LogP contribution is 2.25. The third-order valence-electron chi connectivity index (χ3n) is 3.70. The van der Waals surface area contributed by atoms with E-state index < -0.39 is 35.9 Å². The molecular weight excluding hydrogens is 290 g/mol. The summed E-state index contributed by atoms with van der Waals surface area (Å²) in [7, 11) is 0. The van der Waals surface area contributed by atoms with Crippen molar-refractivity contribution in [2.45, 2.75) is 25.5 Å². The average molecular weight is 303 g/mol. The van der Waals surface area contributed by atoms with Crippen LogP contribution in [0.3, 0.4) is 0 Å². The number of carbonyl (C=O) groups is 4. The van der Waals surface area contributed by atoms with E-state index in [-0.39, 0.29) is 24.2 Å². The molecule has 7 nitrogen and oxygen atoms in total. The molecule has 0 aromatic heterocycles. The first kappa shape index (κ1) is 14.2. The van der Waals surface area contributed by atoms with Gasteiger partial charge < -0.3 is 9.47 Å². The molecule has 7 heteroatoms. The minimum absolute atomic E-state index is 0.193. The Bertz CT molecular complexity index is 647. The van der Waals surface area contributed by atoms with Crippen LogP contribution >= 0.6 is 0 Å². The van der Waals surface area contributed by atoms with Crippen molar-refractivity contribution in [2.24, 2.45) is 0 Å². The molecular formula is C15H13NO6. The van der Waals surface area contributed by atoms with Crippen molar-refractivity contribution in [1.82, 2.24) is 4.90 Å². The van der Waals surface area contributed by atoms with E-state index in [0.29, 0.717) is 0 Å². The van der Waals surface area contributed by atoms with E-state index in [2.05, 4.69) is 0 Å². The molecule has 0 saturated carbocycles. The summed E-state index contributed by atoms with van der Waals surface area (Å²) in [4.78, 5) is 48.8. The number of esters is 2. The summed E-state index contributed by atoms with van der Waals surface area (Å²) in [6.45, 7) is 1.59. The number of cyclic esters (lactones) is 1. The zero-order valence-corrected chi connectivity index (χ0v) is 11.8. The van der Waals surface area contributed by atoms with Gasteiger partial charge in [0, 0.05) is 6.42 Å². The van der Waals surface area contributed by atoms with Crippen LogP contribution in [-0.2, 0) is 19.1 Å². The lowest BCUT2D eigenvalue weighted by Gasteiger charge is -2.21. The number of ether oxygens (including phenoxy) is 2. The van der Waals surface area contributed by atoms with Crippen LogP contribution in [0.1, 0.15) is 34.1 Å². The van der Waals surface area contributed by atoms with Crippen LogP contribution in [0.5, 0.6) is 0 Å². The number of benzene rings is 1. The van der Waals surface area contributed by atoms with Gasteiger partial charge in [-0.25, -0.2) is 9.59 Å². The molecule has 114 valence electrons. The van der Waals surface area contributed by atoms with Gasteiger partial charge in [0.25, 0.3) is 11.8 Å². The average Bonchev–Trinajstić information content (AvgIpc) is 3.02. The molecule has 1 aromatic carbocycles. The Kier molecular flexibility index (Phi) is 3.40. The summed E-state index contributed by atoms with van der Waals surface area (Å²) in [5, 5.41) is 0. The molecule has 0 bridgehead atoms. The van der Waals surface area contributed by atoms with Gasteiger partial charge in [0.05, 0.1) is 17.7 Å². The van der Waals surface area contributed by atoms with Crippen molar-refractivity contribution in [3.05, 3.63) is 35.4 Å². The minimum atomic E-state index is -1.11. The second-order valence-electron chi connectivity index (χ2n) is 5.08. The van der Waals surface area contributed by atoms with E-state index in [9.17, 15) is 19.2 Å². The van der Waals surface area contributed by atoms with E-state index in [1.165, 1.54) is 19.1 Å². The smallest absolute Gasteiger partial charge is 0.347 e. The zero-order valence-electron chi connectivity index (χ0n) is 11.8. The first-order chi connectivity index (χ1) is 10.5. The van der Waals surface area contributed by atoms with Gasteiger partial charge in [-0.2, -0.15) is 0 Å². The lowest BCUT2D eigenvalue weighted by atomic mass is 10.1. The first-order valence-electron chi connectivity index (χ1n) is 6.84. The molecule has 2 aliphatic heterocycles. The fourth-order valence-corrected chi connectivity index (χ4v) is 2.49. The number of rotatable bonds is 3. The molecule has 22 heavy (non-hydrogen) atoms. The van der Waals surface area contributed by atoms with Gasteiger partial charge in [0.15, 0.2) is 0 Å². The topological polar surface area (TPSA) is 90.0 Å². The molecule has 0 unspecified atom stereocenters. The predicted octanol–water partition coefficient (Wildman–Crippen LogP) is 0.530. The SMILES string of the molecule is C[C@H](C(=O)O[C@H]1CCOC1=O)N1C(=O)c2ccccc2C1=O. The molecule has 2 atom stereocenters. The third kappa shape index (κ3) is 2.14. The van der Waals surface area contributed by atoms with Crippen molar-refractivity contribution < 1.29 is 28.7 Å². The highest BCUT2D eigenvalue weighted by Gasteiger charge is 2.42. The highest BCUT2D eigenvalue weighted by molar-refractivity contribution is 6.22. The fraction of sp³-hybridized carbons (Fsp3) is 0.333. The molecule has 0 spiro atoms. The van der Waals surface area contributed by atoms with E-state index in [0.717, 1.165) is 4.90 Å². The van der Waals surface area contributed by atoms with Crippen molar-refractivity contribution in [3.8, 4) is 0 Å². The standard InChI is InChI=1S/C15H13NO6/c1-8(14(19)22-11-6-7-21-15(11)20)16-12(17)9-4-2-3-5-10(9)13(16)18/h2-5,8,11H,6-7H2,1H3/t8-,11+/m1/s1. The van der Waals surface area contributed by atoms with Crippen LogP contribution < -0.4 is 0 Å². The Morgan fingerprint density at radius 3 is 2.32 bits per heavy atom. The number of nitrogens with zero attached hydrogens (tertiary/aromatic N) is 1. The lowest BCUT2D eigenvalue weighted by Crippen LogP contribution is -2.45. The quantitative estimate of drug-likeness (QED) is 0.597. The maximum atomic E-state index is 12.3. The summed E-state index contributed by atoms with van der Waals surface area (Å²) in [6.07, 6.45) is -0.690. The van der Waals surface area contributed by atoms with Crippen molar-refractivity contribution in [3.63, 3.8) is 0 Å². The number of fused-ring (bicyclic) bond motifs is 1. The van der Waals surface area contributed by atoms with Crippen molar-refractivity contribution in [2.75, 3.05) is 6.61 Å². The third-order valence-corrected chi connectivity index (χ3v) is 3.70. The molecule has 2 amide bonds. The molecule has 2 aliphatic rings. The first-order valence-corrected chi connectivity index (χ1v) is 6.84. The van der Waals surface area contributed by atoms with Gasteiger partial charge in [0.2, 0.25) is 6.10 Å².